The Hall–Kier alpha value is -1.84. The summed E-state index contributed by atoms with van der Waals surface area (Å²) in [6.07, 6.45) is 0.691. The summed E-state index contributed by atoms with van der Waals surface area (Å²) in [5, 5.41) is 2.66. The monoisotopic (exact) mass is 337 g/mol. The molecular formula is C13H15N5O2S2. The molecule has 0 spiro atoms. The molecule has 0 unspecified atom stereocenters. The number of rotatable bonds is 6. The van der Waals surface area contributed by atoms with Crippen LogP contribution in [0.1, 0.15) is 11.6 Å². The molecule has 3 aromatic rings. The number of ether oxygens (including phenoxy) is 1. The number of nitrogens with zero attached hydrogens (tertiary/aromatic N) is 4. The van der Waals surface area contributed by atoms with Crippen molar-refractivity contribution in [3.8, 4) is 0 Å². The molecule has 7 nitrogen and oxygen atoms in total. The lowest BCUT2D eigenvalue weighted by atomic mass is 10.4. The van der Waals surface area contributed by atoms with Crippen LogP contribution in [0.5, 0.6) is 0 Å². The number of thiophene rings is 1. The summed E-state index contributed by atoms with van der Waals surface area (Å²) >= 11 is 2.73. The highest BCUT2D eigenvalue weighted by Crippen LogP contribution is 2.18. The molecule has 116 valence electrons. The van der Waals surface area contributed by atoms with Gasteiger partial charge in [-0.05, 0) is 11.4 Å². The van der Waals surface area contributed by atoms with Crippen molar-refractivity contribution in [1.82, 2.24) is 19.3 Å². The molecule has 0 fully saturated rings. The Kier molecular flexibility index (Phi) is 4.46. The molecule has 9 heteroatoms. The summed E-state index contributed by atoms with van der Waals surface area (Å²) in [4.78, 5) is 25.6. The normalized spacial score (nSPS) is 11.2. The number of hydrogen-bond acceptors (Lipinski definition) is 8. The maximum Gasteiger partial charge on any atom is 0.268 e. The average Bonchev–Trinajstić information content (AvgIpc) is 3.14. The van der Waals surface area contributed by atoms with Crippen LogP contribution in [0.4, 0.5) is 5.13 Å². The zero-order valence-electron chi connectivity index (χ0n) is 12.2. The van der Waals surface area contributed by atoms with Gasteiger partial charge in [-0.3, -0.25) is 4.79 Å². The van der Waals surface area contributed by atoms with Gasteiger partial charge in [-0.1, -0.05) is 0 Å². The van der Waals surface area contributed by atoms with Gasteiger partial charge in [0.25, 0.3) is 5.56 Å². The van der Waals surface area contributed by atoms with Crippen LogP contribution in [0.15, 0.2) is 16.2 Å². The summed E-state index contributed by atoms with van der Waals surface area (Å²) in [6, 6.07) is 1.85. The van der Waals surface area contributed by atoms with E-state index in [0.29, 0.717) is 30.1 Å². The summed E-state index contributed by atoms with van der Waals surface area (Å²) in [7, 11) is 3.56. The molecule has 0 radical (unpaired) electrons. The Morgan fingerprint density at radius 1 is 1.41 bits per heavy atom. The molecule has 0 amide bonds. The standard InChI is InChI=1S/C13H15N5O2S2/c1-18(13-16-9(17-22-13)3-5-20-2)7-10-14-8-4-6-21-11(8)12(19)15-10/h4,6H,3,5,7H2,1-2H3,(H,14,15,19). The lowest BCUT2D eigenvalue weighted by Crippen LogP contribution is -2.21. The van der Waals surface area contributed by atoms with Crippen LogP contribution in [0.2, 0.25) is 0 Å². The minimum atomic E-state index is -0.0959. The van der Waals surface area contributed by atoms with Gasteiger partial charge in [0.05, 0.1) is 18.7 Å². The molecule has 0 bridgehead atoms. The minimum absolute atomic E-state index is 0.0959. The first-order chi connectivity index (χ1) is 10.7. The van der Waals surface area contributed by atoms with Crippen LogP contribution in [-0.2, 0) is 17.7 Å². The van der Waals surface area contributed by atoms with E-state index in [1.165, 1.54) is 22.9 Å². The topological polar surface area (TPSA) is 84.0 Å². The predicted molar refractivity (Wildman–Crippen MR) is 87.8 cm³/mol. The predicted octanol–water partition coefficient (Wildman–Crippen LogP) is 1.66. The molecule has 0 saturated carbocycles. The van der Waals surface area contributed by atoms with E-state index < -0.39 is 0 Å². The van der Waals surface area contributed by atoms with Gasteiger partial charge in [-0.25, -0.2) is 9.97 Å². The second kappa shape index (κ2) is 6.51. The van der Waals surface area contributed by atoms with E-state index in [4.69, 9.17) is 4.74 Å². The zero-order valence-corrected chi connectivity index (χ0v) is 13.8. The number of methoxy groups -OCH3 is 1. The SMILES string of the molecule is COCCc1nsc(N(C)Cc2nc3ccsc3c(=O)[nH]2)n1. The zero-order chi connectivity index (χ0) is 15.5. The number of fused-ring (bicyclic) bond motifs is 1. The van der Waals surface area contributed by atoms with Gasteiger partial charge in [0.1, 0.15) is 16.3 Å². The van der Waals surface area contributed by atoms with Crippen molar-refractivity contribution >= 4 is 38.2 Å². The molecule has 0 saturated heterocycles. The first-order valence-corrected chi connectivity index (χ1v) is 8.31. The molecule has 0 aliphatic rings. The summed E-state index contributed by atoms with van der Waals surface area (Å²) < 4.78 is 9.97. The van der Waals surface area contributed by atoms with Crippen LogP contribution in [0.25, 0.3) is 10.2 Å². The van der Waals surface area contributed by atoms with Crippen molar-refractivity contribution in [1.29, 1.82) is 0 Å². The lowest BCUT2D eigenvalue weighted by molar-refractivity contribution is 0.201. The number of aromatic nitrogens is 4. The molecule has 3 rings (SSSR count). The van der Waals surface area contributed by atoms with Crippen molar-refractivity contribution in [3.63, 3.8) is 0 Å². The molecule has 0 aliphatic heterocycles. The van der Waals surface area contributed by atoms with Crippen LogP contribution < -0.4 is 10.5 Å². The maximum atomic E-state index is 12.0. The Bertz CT molecular complexity index is 825. The van der Waals surface area contributed by atoms with Crippen molar-refractivity contribution in [2.45, 2.75) is 13.0 Å². The molecular weight excluding hydrogens is 322 g/mol. The van der Waals surface area contributed by atoms with Crippen molar-refractivity contribution in [3.05, 3.63) is 33.4 Å². The molecule has 0 aromatic carbocycles. The van der Waals surface area contributed by atoms with Crippen LogP contribution in [-0.4, -0.2) is 40.1 Å². The molecule has 0 atom stereocenters. The van der Waals surface area contributed by atoms with Gasteiger partial charge >= 0.3 is 0 Å². The number of nitrogens with one attached hydrogen (secondary N) is 1. The second-order valence-corrected chi connectivity index (χ2v) is 6.39. The Labute approximate surface area is 134 Å². The highest BCUT2D eigenvalue weighted by Gasteiger charge is 2.12. The first kappa shape index (κ1) is 15.1. The average molecular weight is 337 g/mol. The quantitative estimate of drug-likeness (QED) is 0.736. The van der Waals surface area contributed by atoms with E-state index in [2.05, 4.69) is 19.3 Å². The number of anilines is 1. The van der Waals surface area contributed by atoms with Gasteiger partial charge in [0.15, 0.2) is 0 Å². The highest BCUT2D eigenvalue weighted by molar-refractivity contribution is 7.17. The van der Waals surface area contributed by atoms with Gasteiger partial charge in [0.2, 0.25) is 5.13 Å². The molecule has 0 aliphatic carbocycles. The minimum Gasteiger partial charge on any atom is -0.384 e. The number of H-pyrrole nitrogens is 1. The second-order valence-electron chi connectivity index (χ2n) is 4.74. The summed E-state index contributed by atoms with van der Waals surface area (Å²) in [5.74, 6) is 1.38. The van der Waals surface area contributed by atoms with Gasteiger partial charge < -0.3 is 14.6 Å². The molecule has 3 aromatic heterocycles. The fourth-order valence-electron chi connectivity index (χ4n) is 1.98. The van der Waals surface area contributed by atoms with Crippen LogP contribution >= 0.6 is 22.9 Å². The largest absolute Gasteiger partial charge is 0.384 e. The van der Waals surface area contributed by atoms with Crippen molar-refractivity contribution < 1.29 is 4.74 Å². The lowest BCUT2D eigenvalue weighted by Gasteiger charge is -2.14. The highest BCUT2D eigenvalue weighted by atomic mass is 32.1. The molecule has 3 heterocycles. The summed E-state index contributed by atoms with van der Waals surface area (Å²) in [5.41, 5.74) is 0.636. The molecule has 22 heavy (non-hydrogen) atoms. The van der Waals surface area contributed by atoms with Crippen LogP contribution in [0, 0.1) is 0 Å². The Morgan fingerprint density at radius 3 is 3.09 bits per heavy atom. The van der Waals surface area contributed by atoms with Gasteiger partial charge in [-0.15, -0.1) is 11.3 Å². The van der Waals surface area contributed by atoms with Crippen molar-refractivity contribution in [2.75, 3.05) is 25.7 Å². The van der Waals surface area contributed by atoms with Gasteiger partial charge in [0, 0.05) is 32.1 Å². The third-order valence-electron chi connectivity index (χ3n) is 3.06. The number of hydrogen-bond donors (Lipinski definition) is 1. The van der Waals surface area contributed by atoms with E-state index in [1.807, 2.05) is 23.4 Å². The van der Waals surface area contributed by atoms with Crippen molar-refractivity contribution in [2.24, 2.45) is 0 Å². The Balaban J connectivity index is 1.76. The third-order valence-corrected chi connectivity index (χ3v) is 4.84. The van der Waals surface area contributed by atoms with Gasteiger partial charge in [-0.2, -0.15) is 4.37 Å². The van der Waals surface area contributed by atoms with E-state index in [0.717, 1.165) is 16.5 Å². The van der Waals surface area contributed by atoms with E-state index >= 15 is 0 Å². The Morgan fingerprint density at radius 2 is 2.27 bits per heavy atom. The maximum absolute atomic E-state index is 12.0. The fraction of sp³-hybridized carbons (Fsp3) is 0.385. The van der Waals surface area contributed by atoms with E-state index in [9.17, 15) is 4.79 Å². The third kappa shape index (κ3) is 3.16. The molecule has 1 N–H and O–H groups in total. The summed E-state index contributed by atoms with van der Waals surface area (Å²) in [6.45, 7) is 1.07. The van der Waals surface area contributed by atoms with E-state index in [-0.39, 0.29) is 5.56 Å². The van der Waals surface area contributed by atoms with Crippen LogP contribution in [0.3, 0.4) is 0 Å². The smallest absolute Gasteiger partial charge is 0.268 e. The van der Waals surface area contributed by atoms with E-state index in [1.54, 1.807) is 7.11 Å². The number of aromatic amines is 1. The fourth-order valence-corrected chi connectivity index (χ4v) is 3.38. The first-order valence-electron chi connectivity index (χ1n) is 6.66.